The van der Waals surface area contributed by atoms with E-state index >= 15 is 0 Å². The van der Waals surface area contributed by atoms with Crippen LogP contribution in [0.5, 0.6) is 0 Å². The van der Waals surface area contributed by atoms with Gasteiger partial charge < -0.3 is 11.1 Å². The molecule has 7 heteroatoms. The number of primary amides is 1. The number of anilines is 1. The Morgan fingerprint density at radius 3 is 2.85 bits per heavy atom. The maximum atomic E-state index is 11.9. The van der Waals surface area contributed by atoms with E-state index in [2.05, 4.69) is 10.3 Å². The Kier molecular flexibility index (Phi) is 4.70. The van der Waals surface area contributed by atoms with E-state index in [0.29, 0.717) is 22.1 Å². The average molecular weight is 310 g/mol. The Morgan fingerprint density at radius 2 is 2.20 bits per heavy atom. The normalized spacial score (nSPS) is 10.2. The van der Waals surface area contributed by atoms with Gasteiger partial charge in [-0.3, -0.25) is 9.59 Å². The number of aromatic nitrogens is 1. The van der Waals surface area contributed by atoms with Crippen LogP contribution in [-0.4, -0.2) is 16.8 Å². The van der Waals surface area contributed by atoms with Gasteiger partial charge in [0.1, 0.15) is 5.01 Å². The van der Waals surface area contributed by atoms with Crippen molar-refractivity contribution < 1.29 is 9.59 Å². The maximum absolute atomic E-state index is 11.9. The lowest BCUT2D eigenvalue weighted by Gasteiger charge is -2.05. The Bertz CT molecular complexity index is 642. The van der Waals surface area contributed by atoms with Gasteiger partial charge in [0.15, 0.2) is 0 Å². The number of amides is 2. The standard InChI is InChI=1S/C13H12ClN3O2S/c14-6-10-7-20-12(17-10)5-11(18)16-9-3-1-2-8(4-9)13(15)19/h1-4,7H,5-6H2,(H2,15,19)(H,16,18). The summed E-state index contributed by atoms with van der Waals surface area (Å²) in [7, 11) is 0. The van der Waals surface area contributed by atoms with Crippen LogP contribution in [0.3, 0.4) is 0 Å². The molecule has 104 valence electrons. The lowest BCUT2D eigenvalue weighted by molar-refractivity contribution is -0.115. The summed E-state index contributed by atoms with van der Waals surface area (Å²) in [4.78, 5) is 27.1. The van der Waals surface area contributed by atoms with Crippen LogP contribution in [0.15, 0.2) is 29.6 Å². The summed E-state index contributed by atoms with van der Waals surface area (Å²) in [5.74, 6) is -0.409. The van der Waals surface area contributed by atoms with Crippen LogP contribution in [0.4, 0.5) is 5.69 Å². The number of nitrogens with zero attached hydrogens (tertiary/aromatic N) is 1. The van der Waals surface area contributed by atoms with E-state index < -0.39 is 5.91 Å². The van der Waals surface area contributed by atoms with E-state index in [-0.39, 0.29) is 12.3 Å². The van der Waals surface area contributed by atoms with Gasteiger partial charge in [0.05, 0.1) is 18.0 Å². The molecule has 0 aliphatic rings. The highest BCUT2D eigenvalue weighted by Crippen LogP contribution is 2.14. The van der Waals surface area contributed by atoms with E-state index in [0.717, 1.165) is 5.69 Å². The minimum Gasteiger partial charge on any atom is -0.366 e. The third-order valence-corrected chi connectivity index (χ3v) is 3.65. The van der Waals surface area contributed by atoms with Gasteiger partial charge in [-0.25, -0.2) is 4.98 Å². The van der Waals surface area contributed by atoms with Crippen molar-refractivity contribution in [2.24, 2.45) is 5.73 Å². The molecule has 0 atom stereocenters. The van der Waals surface area contributed by atoms with Crippen molar-refractivity contribution in [1.29, 1.82) is 0 Å². The molecule has 0 aliphatic heterocycles. The molecule has 2 amide bonds. The van der Waals surface area contributed by atoms with Crippen molar-refractivity contribution in [2.45, 2.75) is 12.3 Å². The fraction of sp³-hybridized carbons (Fsp3) is 0.154. The molecule has 1 aromatic carbocycles. The topological polar surface area (TPSA) is 85.1 Å². The number of carbonyl (C=O) groups is 2. The third-order valence-electron chi connectivity index (χ3n) is 2.48. The van der Waals surface area contributed by atoms with E-state index in [9.17, 15) is 9.59 Å². The highest BCUT2D eigenvalue weighted by atomic mass is 35.5. The van der Waals surface area contributed by atoms with Crippen molar-refractivity contribution in [1.82, 2.24) is 4.98 Å². The lowest BCUT2D eigenvalue weighted by atomic mass is 10.2. The molecule has 0 bridgehead atoms. The van der Waals surface area contributed by atoms with E-state index in [1.54, 1.807) is 18.2 Å². The van der Waals surface area contributed by atoms with Crippen LogP contribution in [0.2, 0.25) is 0 Å². The molecule has 2 rings (SSSR count). The van der Waals surface area contributed by atoms with Crippen molar-refractivity contribution in [2.75, 3.05) is 5.32 Å². The van der Waals surface area contributed by atoms with Crippen LogP contribution in [0, 0.1) is 0 Å². The summed E-state index contributed by atoms with van der Waals surface area (Å²) < 4.78 is 0. The van der Waals surface area contributed by atoms with Gasteiger partial charge in [-0.1, -0.05) is 6.07 Å². The minimum atomic E-state index is -0.534. The predicted molar refractivity (Wildman–Crippen MR) is 79.0 cm³/mol. The van der Waals surface area contributed by atoms with Gasteiger partial charge in [0.2, 0.25) is 11.8 Å². The molecule has 20 heavy (non-hydrogen) atoms. The second kappa shape index (κ2) is 6.49. The van der Waals surface area contributed by atoms with Gasteiger partial charge in [-0.2, -0.15) is 0 Å². The Hall–Kier alpha value is -1.92. The Morgan fingerprint density at radius 1 is 1.40 bits per heavy atom. The first-order valence-electron chi connectivity index (χ1n) is 5.77. The predicted octanol–water partition coefficient (Wildman–Crippen LogP) is 2.16. The molecular formula is C13H12ClN3O2S. The molecule has 1 heterocycles. The molecule has 0 fully saturated rings. The van der Waals surface area contributed by atoms with E-state index in [1.165, 1.54) is 17.4 Å². The van der Waals surface area contributed by atoms with Crippen LogP contribution >= 0.6 is 22.9 Å². The Labute approximate surface area is 124 Å². The zero-order chi connectivity index (χ0) is 14.5. The molecule has 1 aromatic heterocycles. The molecular weight excluding hydrogens is 298 g/mol. The first kappa shape index (κ1) is 14.5. The fourth-order valence-corrected chi connectivity index (χ4v) is 2.61. The van der Waals surface area contributed by atoms with E-state index in [1.807, 2.05) is 5.38 Å². The summed E-state index contributed by atoms with van der Waals surface area (Å²) in [6.45, 7) is 0. The zero-order valence-electron chi connectivity index (χ0n) is 10.4. The summed E-state index contributed by atoms with van der Waals surface area (Å²) >= 11 is 7.04. The monoisotopic (exact) mass is 309 g/mol. The highest BCUT2D eigenvalue weighted by molar-refractivity contribution is 7.09. The first-order chi connectivity index (χ1) is 9.58. The van der Waals surface area contributed by atoms with Crippen LogP contribution in [0.25, 0.3) is 0 Å². The summed E-state index contributed by atoms with van der Waals surface area (Å²) in [6.07, 6.45) is 0.169. The van der Waals surface area contributed by atoms with Crippen molar-refractivity contribution in [3.63, 3.8) is 0 Å². The number of nitrogens with one attached hydrogen (secondary N) is 1. The summed E-state index contributed by atoms with van der Waals surface area (Å²) in [5.41, 5.74) is 6.82. The SMILES string of the molecule is NC(=O)c1cccc(NC(=O)Cc2nc(CCl)cs2)c1. The second-order valence-electron chi connectivity index (χ2n) is 4.04. The second-order valence-corrected chi connectivity index (χ2v) is 5.25. The third kappa shape index (κ3) is 3.79. The minimum absolute atomic E-state index is 0.169. The maximum Gasteiger partial charge on any atom is 0.248 e. The summed E-state index contributed by atoms with van der Waals surface area (Å²) in [6, 6.07) is 6.47. The van der Waals surface area contributed by atoms with Gasteiger partial charge >= 0.3 is 0 Å². The largest absolute Gasteiger partial charge is 0.366 e. The molecule has 0 saturated carbocycles. The number of carbonyl (C=O) groups excluding carboxylic acids is 2. The average Bonchev–Trinajstić information content (AvgIpc) is 2.86. The quantitative estimate of drug-likeness (QED) is 0.830. The van der Waals surface area contributed by atoms with Gasteiger partial charge in [-0.05, 0) is 18.2 Å². The molecule has 0 unspecified atom stereocenters. The molecule has 0 aliphatic carbocycles. The Balaban J connectivity index is 2.00. The van der Waals surface area contributed by atoms with E-state index in [4.69, 9.17) is 17.3 Å². The highest BCUT2D eigenvalue weighted by Gasteiger charge is 2.09. The number of rotatable bonds is 5. The zero-order valence-corrected chi connectivity index (χ0v) is 12.0. The number of halogens is 1. The molecule has 0 radical (unpaired) electrons. The molecule has 0 spiro atoms. The van der Waals surface area contributed by atoms with Gasteiger partial charge in [0.25, 0.3) is 0 Å². The first-order valence-corrected chi connectivity index (χ1v) is 7.19. The molecule has 2 aromatic rings. The number of hydrogen-bond donors (Lipinski definition) is 2. The van der Waals surface area contributed by atoms with Crippen molar-refractivity contribution in [3.8, 4) is 0 Å². The molecule has 3 N–H and O–H groups in total. The van der Waals surface area contributed by atoms with Gasteiger partial charge in [-0.15, -0.1) is 22.9 Å². The lowest BCUT2D eigenvalue weighted by Crippen LogP contribution is -2.16. The number of hydrogen-bond acceptors (Lipinski definition) is 4. The number of benzene rings is 1. The van der Waals surface area contributed by atoms with Gasteiger partial charge in [0, 0.05) is 16.6 Å². The number of nitrogens with two attached hydrogens (primary N) is 1. The smallest absolute Gasteiger partial charge is 0.248 e. The van der Waals surface area contributed by atoms with Crippen LogP contribution < -0.4 is 11.1 Å². The number of thiazole rings is 1. The van der Waals surface area contributed by atoms with Crippen LogP contribution in [-0.2, 0) is 17.1 Å². The van der Waals surface area contributed by atoms with Crippen molar-refractivity contribution in [3.05, 3.63) is 45.9 Å². The fourth-order valence-electron chi connectivity index (χ4n) is 1.58. The van der Waals surface area contributed by atoms with Crippen molar-refractivity contribution >= 4 is 40.4 Å². The molecule has 0 saturated heterocycles. The summed E-state index contributed by atoms with van der Waals surface area (Å²) in [5, 5.41) is 5.22. The van der Waals surface area contributed by atoms with Crippen LogP contribution in [0.1, 0.15) is 21.1 Å². The number of alkyl halides is 1. The molecule has 5 nitrogen and oxygen atoms in total.